The molecule has 1 unspecified atom stereocenters. The van der Waals surface area contributed by atoms with E-state index in [4.69, 9.17) is 0 Å². The second-order valence-electron chi connectivity index (χ2n) is 5.85. The molecule has 0 radical (unpaired) electrons. The third-order valence-corrected chi connectivity index (χ3v) is 4.74. The predicted octanol–water partition coefficient (Wildman–Crippen LogP) is 2.70. The fourth-order valence-electron chi connectivity index (χ4n) is 3.43. The number of Topliss-reactive ketones (excluding diaryl/α,β-unsaturated/α-hetero) is 1. The standard InChI is InChI=1S/C17H23N3O/c1-3-17(10-7-11-18-17)16(21)12-14-13-8-5-6-9-15(13)20(4-2)19-14/h5-6,8-9,18H,3-4,7,10-12H2,1-2H3. The summed E-state index contributed by atoms with van der Waals surface area (Å²) in [5.41, 5.74) is 1.71. The molecule has 0 spiro atoms. The molecule has 2 heterocycles. The number of carbonyl (C=O) groups excluding carboxylic acids is 1. The zero-order valence-corrected chi connectivity index (χ0v) is 12.9. The van der Waals surface area contributed by atoms with E-state index in [9.17, 15) is 4.79 Å². The molecule has 1 fully saturated rings. The fraction of sp³-hybridized carbons (Fsp3) is 0.529. The van der Waals surface area contributed by atoms with Gasteiger partial charge in [0.2, 0.25) is 0 Å². The summed E-state index contributed by atoms with van der Waals surface area (Å²) < 4.78 is 1.98. The number of benzene rings is 1. The summed E-state index contributed by atoms with van der Waals surface area (Å²) in [6, 6.07) is 8.18. The highest BCUT2D eigenvalue weighted by Gasteiger charge is 2.38. The Balaban J connectivity index is 1.93. The van der Waals surface area contributed by atoms with Gasteiger partial charge in [0.05, 0.1) is 23.2 Å². The quantitative estimate of drug-likeness (QED) is 0.919. The molecule has 3 rings (SSSR count). The first-order chi connectivity index (χ1) is 10.2. The summed E-state index contributed by atoms with van der Waals surface area (Å²) in [5, 5.41) is 9.19. The Morgan fingerprint density at radius 2 is 2.19 bits per heavy atom. The summed E-state index contributed by atoms with van der Waals surface area (Å²) >= 11 is 0. The number of nitrogens with zero attached hydrogens (tertiary/aromatic N) is 2. The Hall–Kier alpha value is -1.68. The first-order valence-corrected chi connectivity index (χ1v) is 7.93. The molecule has 0 aliphatic carbocycles. The molecule has 21 heavy (non-hydrogen) atoms. The van der Waals surface area contributed by atoms with Crippen molar-refractivity contribution in [1.82, 2.24) is 15.1 Å². The molecule has 1 aromatic carbocycles. The van der Waals surface area contributed by atoms with Crippen LogP contribution in [0.3, 0.4) is 0 Å². The van der Waals surface area contributed by atoms with Crippen LogP contribution < -0.4 is 5.32 Å². The van der Waals surface area contributed by atoms with Crippen molar-refractivity contribution >= 4 is 16.7 Å². The molecule has 112 valence electrons. The van der Waals surface area contributed by atoms with Crippen LogP contribution in [-0.4, -0.2) is 27.6 Å². The summed E-state index contributed by atoms with van der Waals surface area (Å²) in [6.07, 6.45) is 3.32. The molecule has 0 saturated carbocycles. The Kier molecular flexibility index (Phi) is 3.81. The lowest BCUT2D eigenvalue weighted by Gasteiger charge is -2.26. The lowest BCUT2D eigenvalue weighted by molar-refractivity contribution is -0.124. The molecule has 1 atom stereocenters. The first-order valence-electron chi connectivity index (χ1n) is 7.93. The average Bonchev–Trinajstić information content (AvgIpc) is 3.13. The Morgan fingerprint density at radius 1 is 1.38 bits per heavy atom. The largest absolute Gasteiger partial charge is 0.305 e. The van der Waals surface area contributed by atoms with Crippen molar-refractivity contribution in [2.24, 2.45) is 0 Å². The van der Waals surface area contributed by atoms with Crippen LogP contribution in [0.15, 0.2) is 24.3 Å². The van der Waals surface area contributed by atoms with Crippen molar-refractivity contribution in [3.63, 3.8) is 0 Å². The summed E-state index contributed by atoms with van der Waals surface area (Å²) in [5.74, 6) is 0.286. The Labute approximate surface area is 125 Å². The highest BCUT2D eigenvalue weighted by Crippen LogP contribution is 2.27. The van der Waals surface area contributed by atoms with Crippen LogP contribution in [0.2, 0.25) is 0 Å². The van der Waals surface area contributed by atoms with E-state index >= 15 is 0 Å². The van der Waals surface area contributed by atoms with Crippen molar-refractivity contribution in [2.45, 2.75) is 51.6 Å². The van der Waals surface area contributed by atoms with Crippen molar-refractivity contribution in [2.75, 3.05) is 6.54 Å². The van der Waals surface area contributed by atoms with Crippen LogP contribution in [0.4, 0.5) is 0 Å². The van der Waals surface area contributed by atoms with Crippen LogP contribution in [0.1, 0.15) is 38.8 Å². The topological polar surface area (TPSA) is 46.9 Å². The number of hydrogen-bond acceptors (Lipinski definition) is 3. The van der Waals surface area contributed by atoms with Gasteiger partial charge >= 0.3 is 0 Å². The molecule has 0 bridgehead atoms. The smallest absolute Gasteiger partial charge is 0.158 e. The van der Waals surface area contributed by atoms with E-state index in [-0.39, 0.29) is 11.3 Å². The fourth-order valence-corrected chi connectivity index (χ4v) is 3.43. The molecule has 2 aromatic rings. The van der Waals surface area contributed by atoms with E-state index in [1.54, 1.807) is 0 Å². The summed E-state index contributed by atoms with van der Waals surface area (Å²) in [6.45, 7) is 5.95. The second kappa shape index (κ2) is 5.60. The van der Waals surface area contributed by atoms with Crippen molar-refractivity contribution < 1.29 is 4.79 Å². The minimum atomic E-state index is -0.322. The lowest BCUT2D eigenvalue weighted by Crippen LogP contribution is -2.47. The number of aromatic nitrogens is 2. The van der Waals surface area contributed by atoms with Crippen LogP contribution >= 0.6 is 0 Å². The zero-order chi connectivity index (χ0) is 14.9. The number of hydrogen-bond donors (Lipinski definition) is 1. The number of para-hydroxylation sites is 1. The van der Waals surface area contributed by atoms with Crippen LogP contribution in [0, 0.1) is 0 Å². The number of rotatable bonds is 5. The maximum absolute atomic E-state index is 12.8. The number of nitrogens with one attached hydrogen (secondary N) is 1. The highest BCUT2D eigenvalue weighted by atomic mass is 16.1. The molecule has 1 aliphatic heterocycles. The van der Waals surface area contributed by atoms with E-state index in [0.29, 0.717) is 6.42 Å². The molecular weight excluding hydrogens is 262 g/mol. The molecule has 1 aromatic heterocycles. The molecule has 4 nitrogen and oxygen atoms in total. The predicted molar refractivity (Wildman–Crippen MR) is 84.4 cm³/mol. The minimum Gasteiger partial charge on any atom is -0.305 e. The SMILES string of the molecule is CCn1nc(CC(=O)C2(CC)CCCN2)c2ccccc21. The van der Waals surface area contributed by atoms with Gasteiger partial charge in [0.1, 0.15) is 0 Å². The van der Waals surface area contributed by atoms with Gasteiger partial charge in [0, 0.05) is 11.9 Å². The van der Waals surface area contributed by atoms with Crippen LogP contribution in [0.25, 0.3) is 10.9 Å². The lowest BCUT2D eigenvalue weighted by atomic mass is 9.86. The molecule has 1 saturated heterocycles. The summed E-state index contributed by atoms with van der Waals surface area (Å²) in [4.78, 5) is 12.8. The van der Waals surface area contributed by atoms with Gasteiger partial charge in [0.25, 0.3) is 0 Å². The third kappa shape index (κ3) is 2.38. The van der Waals surface area contributed by atoms with E-state index < -0.39 is 0 Å². The van der Waals surface area contributed by atoms with Crippen molar-refractivity contribution in [3.05, 3.63) is 30.0 Å². The van der Waals surface area contributed by atoms with E-state index in [0.717, 1.165) is 48.9 Å². The van der Waals surface area contributed by atoms with E-state index in [1.807, 2.05) is 16.8 Å². The van der Waals surface area contributed by atoms with Crippen LogP contribution in [0.5, 0.6) is 0 Å². The second-order valence-corrected chi connectivity index (χ2v) is 5.85. The Morgan fingerprint density at radius 3 is 2.86 bits per heavy atom. The van der Waals surface area contributed by atoms with Gasteiger partial charge in [-0.25, -0.2) is 0 Å². The molecular formula is C17H23N3O. The zero-order valence-electron chi connectivity index (χ0n) is 12.9. The molecule has 1 aliphatic rings. The van der Waals surface area contributed by atoms with Crippen molar-refractivity contribution in [1.29, 1.82) is 0 Å². The average molecular weight is 285 g/mol. The third-order valence-electron chi connectivity index (χ3n) is 4.74. The number of carbonyl (C=O) groups is 1. The number of fused-ring (bicyclic) bond motifs is 1. The maximum Gasteiger partial charge on any atom is 0.158 e. The summed E-state index contributed by atoms with van der Waals surface area (Å²) in [7, 11) is 0. The van der Waals surface area contributed by atoms with Crippen molar-refractivity contribution in [3.8, 4) is 0 Å². The minimum absolute atomic E-state index is 0.286. The van der Waals surface area contributed by atoms with Gasteiger partial charge in [-0.15, -0.1) is 0 Å². The van der Waals surface area contributed by atoms with Gasteiger partial charge in [-0.1, -0.05) is 25.1 Å². The van der Waals surface area contributed by atoms with E-state index in [1.165, 1.54) is 0 Å². The van der Waals surface area contributed by atoms with Gasteiger partial charge in [-0.3, -0.25) is 9.48 Å². The van der Waals surface area contributed by atoms with Gasteiger partial charge < -0.3 is 5.32 Å². The van der Waals surface area contributed by atoms with Gasteiger partial charge in [-0.2, -0.15) is 5.10 Å². The maximum atomic E-state index is 12.8. The monoisotopic (exact) mass is 285 g/mol. The first kappa shape index (κ1) is 14.3. The van der Waals surface area contributed by atoms with Crippen LogP contribution in [-0.2, 0) is 17.8 Å². The molecule has 1 N–H and O–H groups in total. The molecule has 4 heteroatoms. The highest BCUT2D eigenvalue weighted by molar-refractivity contribution is 5.94. The van der Waals surface area contributed by atoms with E-state index in [2.05, 4.69) is 36.4 Å². The van der Waals surface area contributed by atoms with Gasteiger partial charge in [-0.05, 0) is 38.8 Å². The molecule has 0 amide bonds. The number of aryl methyl sites for hydroxylation is 1. The number of ketones is 1. The Bertz CT molecular complexity index is 653. The van der Waals surface area contributed by atoms with Gasteiger partial charge in [0.15, 0.2) is 5.78 Å². The normalized spacial score (nSPS) is 22.0.